The molecule has 0 fully saturated rings. The summed E-state index contributed by atoms with van der Waals surface area (Å²) in [6.07, 6.45) is 23.8. The predicted octanol–water partition coefficient (Wildman–Crippen LogP) is 18.2. The van der Waals surface area contributed by atoms with Crippen molar-refractivity contribution in [2.24, 2.45) is 0 Å². The van der Waals surface area contributed by atoms with E-state index in [1.807, 2.05) is 0 Å². The molecular formula is C69H112NP2Si4+. The molecule has 1 N–H and O–H groups in total. The number of rotatable bonds is 38. The van der Waals surface area contributed by atoms with Crippen LogP contribution in [0.4, 0.5) is 0 Å². The highest BCUT2D eigenvalue weighted by Gasteiger charge is 2.51. The fourth-order valence-corrected chi connectivity index (χ4v) is 40.3. The third kappa shape index (κ3) is 16.7. The van der Waals surface area contributed by atoms with Gasteiger partial charge in [0.25, 0.3) is 0 Å². The first-order chi connectivity index (χ1) is 36.9. The maximum Gasteiger partial charge on any atom is 0.182 e. The molecule has 5 rings (SSSR count). The van der Waals surface area contributed by atoms with Crippen molar-refractivity contribution in [1.29, 1.82) is 0 Å². The first-order valence-corrected chi connectivity index (χ1v) is 46.3. The molecule has 1 atom stereocenters. The van der Waals surface area contributed by atoms with Gasteiger partial charge in [-0.25, -0.2) is 0 Å². The normalized spacial score (nSPS) is 13.4. The fraction of sp³-hybridized carbons (Fsp3) is 0.565. The van der Waals surface area contributed by atoms with Crippen molar-refractivity contribution in [2.75, 3.05) is 0 Å². The lowest BCUT2D eigenvalue weighted by atomic mass is 10.3. The maximum atomic E-state index is 4.98. The van der Waals surface area contributed by atoms with Crippen molar-refractivity contribution in [3.63, 3.8) is 0 Å². The Labute approximate surface area is 476 Å². The molecule has 5 aromatic rings. The van der Waals surface area contributed by atoms with Crippen LogP contribution in [0.5, 0.6) is 0 Å². The van der Waals surface area contributed by atoms with Crippen LogP contribution < -0.4 is 52.1 Å². The number of hydrogen-bond donors (Lipinski definition) is 1. The van der Waals surface area contributed by atoms with Gasteiger partial charge in [-0.15, -0.1) is 4.86 Å². The van der Waals surface area contributed by atoms with Gasteiger partial charge in [0.15, 0.2) is 7.41 Å². The Balaban J connectivity index is 1.89. The summed E-state index contributed by atoms with van der Waals surface area (Å²) in [4.78, 5) is 4.98. The SMILES string of the molecule is CCCC[Si](CCCC)(CCCC)c1ccc(P(N[P+](c2ccccc2)(c2ccc([Si](CCCC)(CCCC)CCCC)cc2)c2ccccc2[Si](C)(C)C)c2ccc([Si](CCCC)(CCCC)CCCC)cc2)cc1. The fourth-order valence-electron chi connectivity index (χ4n) is 13.1. The number of nitrogens with one attached hydrogen (secondary N) is 1. The summed E-state index contributed by atoms with van der Waals surface area (Å²) in [6.45, 7) is 29.5. The van der Waals surface area contributed by atoms with E-state index in [1.54, 1.807) is 26.1 Å². The molecule has 7 heteroatoms. The molecule has 0 saturated carbocycles. The van der Waals surface area contributed by atoms with Gasteiger partial charge in [0.05, 0.1) is 40.4 Å². The first kappa shape index (κ1) is 64.6. The molecule has 0 saturated heterocycles. The highest BCUT2D eigenvalue weighted by atomic mass is 31.2. The Morgan fingerprint density at radius 2 is 0.605 bits per heavy atom. The zero-order valence-corrected chi connectivity index (χ0v) is 56.9. The van der Waals surface area contributed by atoms with Gasteiger partial charge in [0.1, 0.15) is 15.9 Å². The molecule has 0 aliphatic carbocycles. The van der Waals surface area contributed by atoms with Crippen molar-refractivity contribution in [2.45, 2.75) is 252 Å². The highest BCUT2D eigenvalue weighted by Crippen LogP contribution is 2.57. The smallest absolute Gasteiger partial charge is 0.149 e. The van der Waals surface area contributed by atoms with Crippen molar-refractivity contribution >= 4 is 95.1 Å². The molecule has 0 amide bonds. The molecule has 1 unspecified atom stereocenters. The van der Waals surface area contributed by atoms with Crippen molar-refractivity contribution in [3.05, 3.63) is 127 Å². The minimum Gasteiger partial charge on any atom is -0.149 e. The second-order valence-electron chi connectivity index (χ2n) is 24.6. The maximum absolute atomic E-state index is 4.98. The largest absolute Gasteiger partial charge is 0.182 e. The Kier molecular flexibility index (Phi) is 28.0. The van der Waals surface area contributed by atoms with Crippen LogP contribution in [0.3, 0.4) is 0 Å². The molecule has 0 heterocycles. The molecule has 5 aromatic carbocycles. The van der Waals surface area contributed by atoms with Crippen LogP contribution in [0, 0.1) is 0 Å². The van der Waals surface area contributed by atoms with E-state index >= 15 is 0 Å². The third-order valence-electron chi connectivity index (χ3n) is 17.9. The van der Waals surface area contributed by atoms with Crippen molar-refractivity contribution in [1.82, 2.24) is 4.86 Å². The summed E-state index contributed by atoms with van der Waals surface area (Å²) in [7, 11) is -10.6. The predicted molar refractivity (Wildman–Crippen MR) is 364 cm³/mol. The lowest BCUT2D eigenvalue weighted by Crippen LogP contribution is -2.53. The highest BCUT2D eigenvalue weighted by molar-refractivity contribution is 8.00. The third-order valence-corrected chi connectivity index (χ3v) is 43.5. The average Bonchev–Trinajstić information content (AvgIpc) is 3.47. The van der Waals surface area contributed by atoms with Crippen molar-refractivity contribution in [3.8, 4) is 0 Å². The number of benzene rings is 5. The van der Waals surface area contributed by atoms with E-state index in [9.17, 15) is 0 Å². The van der Waals surface area contributed by atoms with Gasteiger partial charge in [0, 0.05) is 0 Å². The first-order valence-electron chi connectivity index (χ1n) is 31.8. The average molecular weight is 1130 g/mol. The van der Waals surface area contributed by atoms with E-state index in [0.29, 0.717) is 0 Å². The quantitative estimate of drug-likeness (QED) is 0.0307. The van der Waals surface area contributed by atoms with Crippen LogP contribution in [-0.2, 0) is 0 Å². The summed E-state index contributed by atoms with van der Waals surface area (Å²) < 4.78 is 0. The number of unbranched alkanes of at least 4 members (excludes halogenated alkanes) is 9. The molecule has 0 radical (unpaired) electrons. The van der Waals surface area contributed by atoms with Gasteiger partial charge < -0.3 is 0 Å². The zero-order chi connectivity index (χ0) is 54.9. The van der Waals surface area contributed by atoms with E-state index in [1.165, 1.54) is 191 Å². The Morgan fingerprint density at radius 3 is 0.908 bits per heavy atom. The monoisotopic (exact) mass is 1130 g/mol. The molecule has 0 aliphatic heterocycles. The van der Waals surface area contributed by atoms with Gasteiger partial charge in [-0.05, 0) is 46.1 Å². The van der Waals surface area contributed by atoms with Gasteiger partial charge >= 0.3 is 0 Å². The Bertz CT molecular complexity index is 2200. The molecule has 0 bridgehead atoms. The lowest BCUT2D eigenvalue weighted by molar-refractivity contribution is 0.800. The molecule has 0 aromatic heterocycles. The summed E-state index contributed by atoms with van der Waals surface area (Å²) >= 11 is 0. The van der Waals surface area contributed by atoms with E-state index in [0.717, 1.165) is 0 Å². The summed E-state index contributed by atoms with van der Waals surface area (Å²) in [5.74, 6) is 0. The van der Waals surface area contributed by atoms with E-state index < -0.39 is 47.8 Å². The second-order valence-corrected chi connectivity index (χ2v) is 48.9. The van der Waals surface area contributed by atoms with E-state index in [4.69, 9.17) is 4.86 Å². The van der Waals surface area contributed by atoms with Crippen LogP contribution in [-0.4, -0.2) is 32.3 Å². The van der Waals surface area contributed by atoms with Gasteiger partial charge in [-0.2, -0.15) is 0 Å². The minimum atomic E-state index is -2.54. The molecule has 0 spiro atoms. The molecule has 76 heavy (non-hydrogen) atoms. The molecule has 0 aliphatic rings. The summed E-state index contributed by atoms with van der Waals surface area (Å²) in [5.41, 5.74) is 0. The Hall–Kier alpha value is -2.21. The van der Waals surface area contributed by atoms with Crippen LogP contribution in [0.1, 0.15) is 178 Å². The molecular weight excluding hydrogens is 1020 g/mol. The van der Waals surface area contributed by atoms with Crippen molar-refractivity contribution < 1.29 is 0 Å². The van der Waals surface area contributed by atoms with Gasteiger partial charge in [0.2, 0.25) is 0 Å². The second kappa shape index (κ2) is 32.9. The van der Waals surface area contributed by atoms with Crippen LogP contribution in [0.2, 0.25) is 74.0 Å². The van der Waals surface area contributed by atoms with Crippen LogP contribution in [0.25, 0.3) is 0 Å². The van der Waals surface area contributed by atoms with Crippen LogP contribution in [0.15, 0.2) is 127 Å². The zero-order valence-electron chi connectivity index (χ0n) is 51.1. The van der Waals surface area contributed by atoms with E-state index in [2.05, 4.69) is 209 Å². The summed E-state index contributed by atoms with van der Waals surface area (Å²) in [5, 5.41) is 14.2. The minimum absolute atomic E-state index is 1.02. The molecule has 1 nitrogen and oxygen atoms in total. The topological polar surface area (TPSA) is 12.0 Å². The van der Waals surface area contributed by atoms with Crippen LogP contribution >= 0.6 is 15.5 Å². The van der Waals surface area contributed by atoms with Gasteiger partial charge in [-0.3, -0.25) is 0 Å². The Morgan fingerprint density at radius 1 is 0.329 bits per heavy atom. The summed E-state index contributed by atoms with van der Waals surface area (Å²) in [6, 6.07) is 66.7. The van der Waals surface area contributed by atoms with E-state index in [-0.39, 0.29) is 0 Å². The standard InChI is InChI=1S/C69H112NP2Si4/c1-13-22-52-74(53-23-14-2,54-24-15-3)65-46-40-61(41-47-65)71(62-42-48-66(49-43-62)75(55-25-16-4,56-26-17-5)57-27-18-6)70-72(63-36-32-31-33-37-63,68-38-34-35-39-69(68)73(10,11)12)64-44-50-67(51-45-64)76(58-28-19-7,59-29-20-8)60-30-21-9/h31-51,70H,13-30,52-60H2,1-12H3/q+1. The molecule has 418 valence electrons. The van der Waals surface area contributed by atoms with Gasteiger partial charge in [-0.1, -0.05) is 365 Å². The lowest BCUT2D eigenvalue weighted by Gasteiger charge is -2.37. The number of hydrogen-bond acceptors (Lipinski definition) is 1.